The molecule has 134 valence electrons. The Kier molecular flexibility index (Phi) is 5.09. The van der Waals surface area contributed by atoms with Gasteiger partial charge in [-0.2, -0.15) is 5.10 Å². The van der Waals surface area contributed by atoms with Gasteiger partial charge in [0.05, 0.1) is 11.4 Å². The van der Waals surface area contributed by atoms with Gasteiger partial charge in [-0.05, 0) is 62.2 Å². The summed E-state index contributed by atoms with van der Waals surface area (Å²) in [4.78, 5) is 2.55. The summed E-state index contributed by atoms with van der Waals surface area (Å²) in [7, 11) is 0. The highest BCUT2D eigenvalue weighted by Crippen LogP contribution is 2.30. The number of hydrogen-bond donors (Lipinski definition) is 1. The maximum atomic E-state index is 5.98. The van der Waals surface area contributed by atoms with Gasteiger partial charge in [-0.25, -0.2) is 0 Å². The predicted octanol–water partition coefficient (Wildman–Crippen LogP) is 5.42. The summed E-state index contributed by atoms with van der Waals surface area (Å²) in [6.07, 6.45) is 2.33. The largest absolute Gasteiger partial charge is 0.299 e. The number of aryl methyl sites for hydroxylation is 1. The first-order valence-electron chi connectivity index (χ1n) is 9.26. The van der Waals surface area contributed by atoms with Crippen molar-refractivity contribution in [2.24, 2.45) is 0 Å². The van der Waals surface area contributed by atoms with E-state index in [1.165, 1.54) is 16.8 Å². The number of aromatic amines is 1. The molecule has 26 heavy (non-hydrogen) atoms. The molecule has 0 amide bonds. The lowest BCUT2D eigenvalue weighted by molar-refractivity contribution is 0.203. The molecule has 4 heteroatoms. The molecule has 0 saturated carbocycles. The van der Waals surface area contributed by atoms with Crippen LogP contribution in [0.5, 0.6) is 0 Å². The van der Waals surface area contributed by atoms with Gasteiger partial charge >= 0.3 is 0 Å². The van der Waals surface area contributed by atoms with E-state index in [0.29, 0.717) is 5.92 Å². The average Bonchev–Trinajstić information content (AvgIpc) is 3.13. The van der Waals surface area contributed by atoms with Gasteiger partial charge in [-0.1, -0.05) is 53.6 Å². The van der Waals surface area contributed by atoms with Crippen molar-refractivity contribution in [3.05, 3.63) is 76.4 Å². The molecule has 0 spiro atoms. The van der Waals surface area contributed by atoms with Gasteiger partial charge in [0.1, 0.15) is 0 Å². The van der Waals surface area contributed by atoms with Gasteiger partial charge in [-0.3, -0.25) is 10.00 Å². The summed E-state index contributed by atoms with van der Waals surface area (Å²) in [5.41, 5.74) is 6.13. The van der Waals surface area contributed by atoms with Crippen molar-refractivity contribution in [2.45, 2.75) is 32.2 Å². The maximum Gasteiger partial charge on any atom is 0.0660 e. The standard InChI is InChI=1S/C22H24ClN3/c1-16-3-2-4-17(13-16)15-26-11-9-19(10-12-26)22-14-21(24-25-22)18-5-7-20(23)8-6-18/h2-8,13-14,19H,9-12,15H2,1H3,(H,24,25). The normalized spacial score (nSPS) is 16.1. The third kappa shape index (κ3) is 4.00. The van der Waals surface area contributed by atoms with Crippen LogP contribution >= 0.6 is 11.6 Å². The second kappa shape index (κ2) is 7.65. The smallest absolute Gasteiger partial charge is 0.0660 e. The fourth-order valence-electron chi connectivity index (χ4n) is 3.78. The molecule has 1 aliphatic rings. The summed E-state index contributed by atoms with van der Waals surface area (Å²) in [5, 5.41) is 8.53. The van der Waals surface area contributed by atoms with Crippen molar-refractivity contribution in [2.75, 3.05) is 13.1 Å². The number of H-pyrrole nitrogens is 1. The quantitative estimate of drug-likeness (QED) is 0.669. The molecule has 1 aliphatic heterocycles. The summed E-state index contributed by atoms with van der Waals surface area (Å²) in [5.74, 6) is 0.543. The summed E-state index contributed by atoms with van der Waals surface area (Å²) in [6, 6.07) is 18.9. The SMILES string of the molecule is Cc1cccc(CN2CCC(c3cc(-c4ccc(Cl)cc4)[nH]n3)CC2)c1. The number of hydrogen-bond acceptors (Lipinski definition) is 2. The van der Waals surface area contributed by atoms with Crippen LogP contribution in [0.1, 0.15) is 35.6 Å². The van der Waals surface area contributed by atoms with E-state index in [1.807, 2.05) is 24.3 Å². The van der Waals surface area contributed by atoms with E-state index in [-0.39, 0.29) is 0 Å². The Hall–Kier alpha value is -2.10. The monoisotopic (exact) mass is 365 g/mol. The van der Waals surface area contributed by atoms with Gasteiger partial charge in [0.25, 0.3) is 0 Å². The topological polar surface area (TPSA) is 31.9 Å². The molecular weight excluding hydrogens is 342 g/mol. The number of benzene rings is 2. The van der Waals surface area contributed by atoms with Crippen LogP contribution in [0.4, 0.5) is 0 Å². The minimum Gasteiger partial charge on any atom is -0.299 e. The molecule has 1 N–H and O–H groups in total. The van der Waals surface area contributed by atoms with Gasteiger partial charge in [0.15, 0.2) is 0 Å². The molecule has 0 radical (unpaired) electrons. The third-order valence-corrected chi connectivity index (χ3v) is 5.50. The van der Waals surface area contributed by atoms with Crippen molar-refractivity contribution in [1.29, 1.82) is 0 Å². The molecule has 0 aliphatic carbocycles. The Labute approximate surface area is 160 Å². The Morgan fingerprint density at radius 1 is 1.08 bits per heavy atom. The van der Waals surface area contributed by atoms with E-state index < -0.39 is 0 Å². The summed E-state index contributed by atoms with van der Waals surface area (Å²) >= 11 is 5.98. The fraction of sp³-hybridized carbons (Fsp3) is 0.318. The number of halogens is 1. The molecule has 4 rings (SSSR count). The zero-order chi connectivity index (χ0) is 17.9. The van der Waals surface area contributed by atoms with E-state index in [0.717, 1.165) is 48.8 Å². The molecule has 3 nitrogen and oxygen atoms in total. The highest BCUT2D eigenvalue weighted by atomic mass is 35.5. The number of rotatable bonds is 4. The zero-order valence-corrected chi connectivity index (χ0v) is 15.8. The molecule has 1 fully saturated rings. The van der Waals surface area contributed by atoms with Crippen LogP contribution in [0, 0.1) is 6.92 Å². The van der Waals surface area contributed by atoms with Crippen LogP contribution < -0.4 is 0 Å². The van der Waals surface area contributed by atoms with E-state index in [9.17, 15) is 0 Å². The first-order valence-corrected chi connectivity index (χ1v) is 9.64. The zero-order valence-electron chi connectivity index (χ0n) is 15.1. The molecule has 0 atom stereocenters. The second-order valence-electron chi connectivity index (χ2n) is 7.25. The Balaban J connectivity index is 1.37. The third-order valence-electron chi connectivity index (χ3n) is 5.25. The number of piperidine rings is 1. The molecule has 1 saturated heterocycles. The lowest BCUT2D eigenvalue weighted by Crippen LogP contribution is -2.32. The fourth-order valence-corrected chi connectivity index (χ4v) is 3.91. The minimum absolute atomic E-state index is 0.543. The van der Waals surface area contributed by atoms with E-state index in [2.05, 4.69) is 52.4 Å². The van der Waals surface area contributed by atoms with Gasteiger partial charge in [0, 0.05) is 17.5 Å². The van der Waals surface area contributed by atoms with Crippen molar-refractivity contribution in [3.8, 4) is 11.3 Å². The number of nitrogens with one attached hydrogen (secondary N) is 1. The minimum atomic E-state index is 0.543. The van der Waals surface area contributed by atoms with Crippen LogP contribution in [0.2, 0.25) is 5.02 Å². The molecular formula is C22H24ClN3. The van der Waals surface area contributed by atoms with E-state index in [1.54, 1.807) is 0 Å². The Morgan fingerprint density at radius 3 is 2.58 bits per heavy atom. The molecule has 2 heterocycles. The highest BCUT2D eigenvalue weighted by Gasteiger charge is 2.22. The Morgan fingerprint density at radius 2 is 1.85 bits per heavy atom. The first kappa shape index (κ1) is 17.3. The van der Waals surface area contributed by atoms with Crippen molar-refractivity contribution < 1.29 is 0 Å². The number of aromatic nitrogens is 2. The lowest BCUT2D eigenvalue weighted by atomic mass is 9.93. The average molecular weight is 366 g/mol. The van der Waals surface area contributed by atoms with Crippen LogP contribution in [-0.2, 0) is 6.54 Å². The van der Waals surface area contributed by atoms with Crippen molar-refractivity contribution in [1.82, 2.24) is 15.1 Å². The number of nitrogens with zero attached hydrogens (tertiary/aromatic N) is 2. The predicted molar refractivity (Wildman–Crippen MR) is 107 cm³/mol. The second-order valence-corrected chi connectivity index (χ2v) is 7.69. The maximum absolute atomic E-state index is 5.98. The van der Waals surface area contributed by atoms with Gasteiger partial charge in [0.2, 0.25) is 0 Å². The number of likely N-dealkylation sites (tertiary alicyclic amines) is 1. The van der Waals surface area contributed by atoms with Gasteiger partial charge < -0.3 is 0 Å². The molecule has 0 unspecified atom stereocenters. The first-order chi connectivity index (χ1) is 12.7. The summed E-state index contributed by atoms with van der Waals surface area (Å²) < 4.78 is 0. The van der Waals surface area contributed by atoms with Crippen LogP contribution in [0.15, 0.2) is 54.6 Å². The lowest BCUT2D eigenvalue weighted by Gasteiger charge is -2.31. The molecule has 1 aromatic heterocycles. The van der Waals surface area contributed by atoms with Crippen molar-refractivity contribution in [3.63, 3.8) is 0 Å². The molecule has 2 aromatic carbocycles. The van der Waals surface area contributed by atoms with E-state index >= 15 is 0 Å². The van der Waals surface area contributed by atoms with Crippen LogP contribution in [0.3, 0.4) is 0 Å². The highest BCUT2D eigenvalue weighted by molar-refractivity contribution is 6.30. The van der Waals surface area contributed by atoms with Crippen molar-refractivity contribution >= 4 is 11.6 Å². The Bertz CT molecular complexity index is 861. The molecule has 3 aromatic rings. The molecule has 0 bridgehead atoms. The summed E-state index contributed by atoms with van der Waals surface area (Å²) in [6.45, 7) is 5.46. The van der Waals surface area contributed by atoms with E-state index in [4.69, 9.17) is 11.6 Å². The van der Waals surface area contributed by atoms with Crippen LogP contribution in [-0.4, -0.2) is 28.2 Å². The van der Waals surface area contributed by atoms with Crippen LogP contribution in [0.25, 0.3) is 11.3 Å². The van der Waals surface area contributed by atoms with Gasteiger partial charge in [-0.15, -0.1) is 0 Å².